The highest BCUT2D eigenvalue weighted by atomic mass is 14.9. The number of fused-ring (bicyclic) bond motifs is 4. The van der Waals surface area contributed by atoms with E-state index in [9.17, 15) is 0 Å². The first-order valence-electron chi connectivity index (χ1n) is 15.2. The minimum absolute atomic E-state index is 1.09. The summed E-state index contributed by atoms with van der Waals surface area (Å²) in [7, 11) is 0. The second-order valence-electron chi connectivity index (χ2n) is 11.8. The maximum atomic E-state index is 3.89. The standard InChI is InChI=1S/C42H26N2/c1-3-13-27(14-4-1)43-41-33-21-19-32-30-18-10-8-12-26(30)24-36-38(32)39(33)40-34(42(36)44-28-15-5-2-6-16-28)22-20-31-29-17-9-7-11-25(29)23-35(41)37(31)40/h1-24,43-44H. The molecule has 2 nitrogen and oxygen atoms in total. The molecule has 204 valence electrons. The van der Waals surface area contributed by atoms with Gasteiger partial charge in [0, 0.05) is 54.5 Å². The van der Waals surface area contributed by atoms with E-state index in [1.165, 1.54) is 75.4 Å². The van der Waals surface area contributed by atoms with E-state index in [4.69, 9.17) is 0 Å². The SMILES string of the molecule is c1ccc(Nc2c3cc4ccccc4c4ccc5c(Nc6ccccc6)c6cc7ccccc7c7ccc2c(c67)c5c34)cc1. The second kappa shape index (κ2) is 8.82. The van der Waals surface area contributed by atoms with E-state index >= 15 is 0 Å². The molecule has 0 fully saturated rings. The van der Waals surface area contributed by atoms with Crippen LogP contribution in [0.5, 0.6) is 0 Å². The average molecular weight is 559 g/mol. The highest BCUT2D eigenvalue weighted by Gasteiger charge is 2.24. The van der Waals surface area contributed by atoms with E-state index in [1.54, 1.807) is 0 Å². The van der Waals surface area contributed by atoms with Crippen LogP contribution < -0.4 is 10.6 Å². The predicted octanol–water partition coefficient (Wildman–Crippen LogP) is 12.1. The van der Waals surface area contributed by atoms with Crippen LogP contribution in [-0.4, -0.2) is 0 Å². The molecule has 0 radical (unpaired) electrons. The molecule has 0 saturated carbocycles. The molecule has 10 rings (SSSR count). The minimum atomic E-state index is 1.09. The molecule has 0 aromatic heterocycles. The minimum Gasteiger partial charge on any atom is -0.355 e. The number of nitrogens with one attached hydrogen (secondary N) is 2. The third kappa shape index (κ3) is 3.20. The van der Waals surface area contributed by atoms with E-state index < -0.39 is 0 Å². The number of hydrogen-bond acceptors (Lipinski definition) is 2. The Hall–Kier alpha value is -5.86. The molecule has 0 atom stereocenters. The van der Waals surface area contributed by atoms with Crippen molar-refractivity contribution in [2.75, 3.05) is 10.6 Å². The van der Waals surface area contributed by atoms with Gasteiger partial charge in [-0.05, 0) is 68.7 Å². The van der Waals surface area contributed by atoms with Crippen molar-refractivity contribution < 1.29 is 0 Å². The number of rotatable bonds is 4. The summed E-state index contributed by atoms with van der Waals surface area (Å²) >= 11 is 0. The highest BCUT2D eigenvalue weighted by molar-refractivity contribution is 6.45. The Bertz CT molecular complexity index is 2500. The van der Waals surface area contributed by atoms with Crippen molar-refractivity contribution in [3.63, 3.8) is 0 Å². The molecule has 2 heteroatoms. The van der Waals surface area contributed by atoms with Crippen LogP contribution in [0.3, 0.4) is 0 Å². The van der Waals surface area contributed by atoms with Crippen LogP contribution >= 0.6 is 0 Å². The molecule has 10 aromatic carbocycles. The summed E-state index contributed by atoms with van der Waals surface area (Å²) in [5, 5.41) is 25.7. The lowest BCUT2D eigenvalue weighted by molar-refractivity contribution is 1.60. The molecule has 44 heavy (non-hydrogen) atoms. The Morgan fingerprint density at radius 2 is 0.659 bits per heavy atom. The second-order valence-corrected chi connectivity index (χ2v) is 11.8. The molecule has 0 unspecified atom stereocenters. The Kier molecular flexibility index (Phi) is 4.75. The van der Waals surface area contributed by atoms with E-state index in [2.05, 4.69) is 156 Å². The lowest BCUT2D eigenvalue weighted by Gasteiger charge is -2.25. The van der Waals surface area contributed by atoms with Crippen LogP contribution in [0.4, 0.5) is 22.7 Å². The van der Waals surface area contributed by atoms with Crippen molar-refractivity contribution in [1.82, 2.24) is 0 Å². The normalized spacial score (nSPS) is 12.1. The first kappa shape index (κ1) is 23.7. The Morgan fingerprint density at radius 1 is 0.273 bits per heavy atom. The van der Waals surface area contributed by atoms with Crippen LogP contribution in [0.1, 0.15) is 0 Å². The number of benzene rings is 10. The van der Waals surface area contributed by atoms with Gasteiger partial charge in [0.15, 0.2) is 0 Å². The quantitative estimate of drug-likeness (QED) is 0.166. The first-order valence-corrected chi connectivity index (χ1v) is 15.2. The number of hydrogen-bond donors (Lipinski definition) is 2. The molecule has 0 bridgehead atoms. The molecule has 10 aromatic rings. The van der Waals surface area contributed by atoms with Crippen molar-refractivity contribution in [3.05, 3.63) is 146 Å². The lowest BCUT2D eigenvalue weighted by Crippen LogP contribution is -2.00. The Morgan fingerprint density at radius 3 is 1.11 bits per heavy atom. The fourth-order valence-electron chi connectivity index (χ4n) is 7.63. The molecule has 0 amide bonds. The fourth-order valence-corrected chi connectivity index (χ4v) is 7.63. The van der Waals surface area contributed by atoms with Crippen molar-refractivity contribution in [2.45, 2.75) is 0 Å². The molecular weight excluding hydrogens is 532 g/mol. The van der Waals surface area contributed by atoms with Gasteiger partial charge in [-0.3, -0.25) is 0 Å². The van der Waals surface area contributed by atoms with Crippen molar-refractivity contribution in [2.24, 2.45) is 0 Å². The van der Waals surface area contributed by atoms with Gasteiger partial charge in [-0.1, -0.05) is 109 Å². The zero-order chi connectivity index (χ0) is 28.8. The van der Waals surface area contributed by atoms with Gasteiger partial charge in [0.25, 0.3) is 0 Å². The third-order valence-electron chi connectivity index (χ3n) is 9.46. The lowest BCUT2D eigenvalue weighted by atomic mass is 9.82. The molecule has 0 heterocycles. The summed E-state index contributed by atoms with van der Waals surface area (Å²) in [6.45, 7) is 0. The molecule has 0 aliphatic carbocycles. The molecule has 0 aliphatic heterocycles. The first-order chi connectivity index (χ1) is 21.8. The average Bonchev–Trinajstić information content (AvgIpc) is 3.08. The van der Waals surface area contributed by atoms with Gasteiger partial charge in [0.05, 0.1) is 11.4 Å². The summed E-state index contributed by atoms with van der Waals surface area (Å²) in [6, 6.07) is 52.8. The highest BCUT2D eigenvalue weighted by Crippen LogP contribution is 2.53. The molecular formula is C42H26N2. The van der Waals surface area contributed by atoms with Crippen LogP contribution in [0.15, 0.2) is 146 Å². The maximum Gasteiger partial charge on any atom is 0.0544 e. The molecule has 2 N–H and O–H groups in total. The van der Waals surface area contributed by atoms with Gasteiger partial charge < -0.3 is 10.6 Å². The van der Waals surface area contributed by atoms with Crippen molar-refractivity contribution in [1.29, 1.82) is 0 Å². The van der Waals surface area contributed by atoms with Gasteiger partial charge in [-0.15, -0.1) is 0 Å². The largest absolute Gasteiger partial charge is 0.355 e. The zero-order valence-electron chi connectivity index (χ0n) is 23.9. The number of para-hydroxylation sites is 2. The monoisotopic (exact) mass is 558 g/mol. The fraction of sp³-hybridized carbons (Fsp3) is 0. The summed E-state index contributed by atoms with van der Waals surface area (Å²) in [5.74, 6) is 0. The van der Waals surface area contributed by atoms with Crippen LogP contribution in [-0.2, 0) is 0 Å². The van der Waals surface area contributed by atoms with Crippen LogP contribution in [0.25, 0.3) is 75.4 Å². The molecule has 0 aliphatic rings. The number of anilines is 4. The smallest absolute Gasteiger partial charge is 0.0544 e. The van der Waals surface area contributed by atoms with Crippen LogP contribution in [0, 0.1) is 0 Å². The van der Waals surface area contributed by atoms with Gasteiger partial charge in [0.2, 0.25) is 0 Å². The van der Waals surface area contributed by atoms with E-state index in [0.29, 0.717) is 0 Å². The predicted molar refractivity (Wildman–Crippen MR) is 191 cm³/mol. The Balaban J connectivity index is 1.48. The van der Waals surface area contributed by atoms with Crippen molar-refractivity contribution in [3.8, 4) is 0 Å². The summed E-state index contributed by atoms with van der Waals surface area (Å²) in [6.07, 6.45) is 0. The van der Waals surface area contributed by atoms with Gasteiger partial charge in [0.1, 0.15) is 0 Å². The van der Waals surface area contributed by atoms with Gasteiger partial charge >= 0.3 is 0 Å². The van der Waals surface area contributed by atoms with E-state index in [1.807, 2.05) is 0 Å². The summed E-state index contributed by atoms with van der Waals surface area (Å²) < 4.78 is 0. The van der Waals surface area contributed by atoms with E-state index in [-0.39, 0.29) is 0 Å². The van der Waals surface area contributed by atoms with Crippen molar-refractivity contribution >= 4 is 98.2 Å². The Labute approximate surface area is 253 Å². The molecule has 0 saturated heterocycles. The van der Waals surface area contributed by atoms with Gasteiger partial charge in [-0.2, -0.15) is 0 Å². The van der Waals surface area contributed by atoms with E-state index in [0.717, 1.165) is 22.7 Å². The maximum absolute atomic E-state index is 3.89. The molecule has 0 spiro atoms. The summed E-state index contributed by atoms with van der Waals surface area (Å²) in [5.41, 5.74) is 4.49. The third-order valence-corrected chi connectivity index (χ3v) is 9.46. The summed E-state index contributed by atoms with van der Waals surface area (Å²) in [4.78, 5) is 0. The van der Waals surface area contributed by atoms with Crippen LogP contribution in [0.2, 0.25) is 0 Å². The zero-order valence-corrected chi connectivity index (χ0v) is 23.9. The van der Waals surface area contributed by atoms with Gasteiger partial charge in [-0.25, -0.2) is 0 Å². The topological polar surface area (TPSA) is 24.1 Å².